The molecule has 0 radical (unpaired) electrons. The number of amides is 1. The maximum atomic E-state index is 12.5. The van der Waals surface area contributed by atoms with Crippen LogP contribution in [0.4, 0.5) is 0 Å². The highest BCUT2D eigenvalue weighted by Gasteiger charge is 2.32. The molecule has 1 amide bonds. The van der Waals surface area contributed by atoms with Gasteiger partial charge in [0.1, 0.15) is 5.76 Å². The lowest BCUT2D eigenvalue weighted by Gasteiger charge is -2.23. The van der Waals surface area contributed by atoms with Crippen LogP contribution in [0.25, 0.3) is 0 Å². The van der Waals surface area contributed by atoms with Crippen molar-refractivity contribution in [1.82, 2.24) is 14.9 Å². The molecule has 7 heteroatoms. The standard InChI is InChI=1S/C18H23N3O4/c1-24-18(23)14-5-3-2-4-6-15(14)20-17(22)16-8-7-13(25-16)11-21-10-9-19-12-21/h7-10,12,14-15H,2-6,11H2,1H3,(H,20,22)/t14-,15-/m0/s1. The van der Waals surface area contributed by atoms with E-state index in [1.165, 1.54) is 7.11 Å². The van der Waals surface area contributed by atoms with Gasteiger partial charge in [0, 0.05) is 18.4 Å². The van der Waals surface area contributed by atoms with Crippen LogP contribution in [0.15, 0.2) is 35.3 Å². The number of carbonyl (C=O) groups is 2. The molecule has 2 aromatic rings. The highest BCUT2D eigenvalue weighted by molar-refractivity contribution is 5.92. The third kappa shape index (κ3) is 4.29. The fourth-order valence-corrected chi connectivity index (χ4v) is 3.30. The number of nitrogens with zero attached hydrogens (tertiary/aromatic N) is 2. The molecule has 2 heterocycles. The Bertz CT molecular complexity index is 708. The minimum absolute atomic E-state index is 0.218. The minimum Gasteiger partial charge on any atom is -0.469 e. The molecule has 1 N–H and O–H groups in total. The molecule has 25 heavy (non-hydrogen) atoms. The molecule has 0 aromatic carbocycles. The lowest BCUT2D eigenvalue weighted by atomic mass is 9.94. The number of esters is 1. The number of ether oxygens (including phenoxy) is 1. The fraction of sp³-hybridized carbons (Fsp3) is 0.500. The van der Waals surface area contributed by atoms with E-state index in [0.29, 0.717) is 12.3 Å². The van der Waals surface area contributed by atoms with Crippen molar-refractivity contribution in [3.05, 3.63) is 42.4 Å². The minimum atomic E-state index is -0.295. The van der Waals surface area contributed by atoms with Crippen molar-refractivity contribution >= 4 is 11.9 Å². The van der Waals surface area contributed by atoms with Gasteiger partial charge in [-0.05, 0) is 25.0 Å². The Hall–Kier alpha value is -2.57. The number of rotatable bonds is 5. The molecule has 1 saturated carbocycles. The zero-order valence-corrected chi connectivity index (χ0v) is 14.3. The number of furan rings is 1. The van der Waals surface area contributed by atoms with E-state index >= 15 is 0 Å². The number of methoxy groups -OCH3 is 1. The van der Waals surface area contributed by atoms with Crippen molar-refractivity contribution in [2.75, 3.05) is 7.11 Å². The summed E-state index contributed by atoms with van der Waals surface area (Å²) < 4.78 is 12.4. The second-order valence-electron chi connectivity index (χ2n) is 6.35. The zero-order valence-electron chi connectivity index (χ0n) is 14.3. The van der Waals surface area contributed by atoms with E-state index in [1.807, 2.05) is 10.8 Å². The predicted molar refractivity (Wildman–Crippen MR) is 89.9 cm³/mol. The normalized spacial score (nSPS) is 20.7. The Labute approximate surface area is 146 Å². The van der Waals surface area contributed by atoms with Crippen LogP contribution in [-0.4, -0.2) is 34.6 Å². The van der Waals surface area contributed by atoms with Crippen LogP contribution in [0, 0.1) is 5.92 Å². The molecule has 0 saturated heterocycles. The van der Waals surface area contributed by atoms with Gasteiger partial charge in [-0.2, -0.15) is 0 Å². The van der Waals surface area contributed by atoms with Gasteiger partial charge in [0.25, 0.3) is 5.91 Å². The van der Waals surface area contributed by atoms with Gasteiger partial charge in [-0.15, -0.1) is 0 Å². The molecule has 3 rings (SSSR count). The van der Waals surface area contributed by atoms with Gasteiger partial charge in [-0.25, -0.2) is 4.98 Å². The second-order valence-corrected chi connectivity index (χ2v) is 6.35. The maximum absolute atomic E-state index is 12.5. The summed E-state index contributed by atoms with van der Waals surface area (Å²) in [5, 5.41) is 2.96. The smallest absolute Gasteiger partial charge is 0.310 e. The van der Waals surface area contributed by atoms with Crippen molar-refractivity contribution < 1.29 is 18.7 Å². The van der Waals surface area contributed by atoms with Crippen molar-refractivity contribution in [2.24, 2.45) is 5.92 Å². The molecule has 0 bridgehead atoms. The van der Waals surface area contributed by atoms with Crippen LogP contribution in [0.3, 0.4) is 0 Å². The molecule has 2 aromatic heterocycles. The van der Waals surface area contributed by atoms with Crippen LogP contribution in [0.5, 0.6) is 0 Å². The molecule has 0 aliphatic heterocycles. The van der Waals surface area contributed by atoms with E-state index in [1.54, 1.807) is 24.7 Å². The number of aromatic nitrogens is 2. The Kier molecular flexibility index (Phi) is 5.53. The van der Waals surface area contributed by atoms with Crippen LogP contribution >= 0.6 is 0 Å². The van der Waals surface area contributed by atoms with Gasteiger partial charge in [0.05, 0.1) is 25.9 Å². The van der Waals surface area contributed by atoms with E-state index in [2.05, 4.69) is 10.3 Å². The Morgan fingerprint density at radius 3 is 2.92 bits per heavy atom. The molecule has 0 unspecified atom stereocenters. The Morgan fingerprint density at radius 1 is 1.32 bits per heavy atom. The SMILES string of the molecule is COC(=O)[C@H]1CCCCC[C@@H]1NC(=O)c1ccc(Cn2ccnc2)o1. The predicted octanol–water partition coefficient (Wildman–Crippen LogP) is 2.38. The fourth-order valence-electron chi connectivity index (χ4n) is 3.30. The molecule has 1 aliphatic carbocycles. The van der Waals surface area contributed by atoms with Crippen molar-refractivity contribution in [1.29, 1.82) is 0 Å². The first-order valence-electron chi connectivity index (χ1n) is 8.60. The topological polar surface area (TPSA) is 86.4 Å². The van der Waals surface area contributed by atoms with Gasteiger partial charge < -0.3 is 19.0 Å². The lowest BCUT2D eigenvalue weighted by Crippen LogP contribution is -2.43. The van der Waals surface area contributed by atoms with Crippen molar-refractivity contribution in [3.8, 4) is 0 Å². The molecule has 1 fully saturated rings. The molecule has 0 spiro atoms. The average Bonchev–Trinajstić information content (AvgIpc) is 3.24. The third-order valence-electron chi connectivity index (χ3n) is 4.62. The monoisotopic (exact) mass is 345 g/mol. The first kappa shape index (κ1) is 17.3. The summed E-state index contributed by atoms with van der Waals surface area (Å²) in [6.45, 7) is 0.515. The van der Waals surface area contributed by atoms with Crippen molar-refractivity contribution in [3.63, 3.8) is 0 Å². The van der Waals surface area contributed by atoms with Gasteiger partial charge in [0.15, 0.2) is 5.76 Å². The average molecular weight is 345 g/mol. The molecule has 1 aliphatic rings. The highest BCUT2D eigenvalue weighted by atomic mass is 16.5. The molecular formula is C18H23N3O4. The number of hydrogen-bond donors (Lipinski definition) is 1. The van der Waals surface area contributed by atoms with Gasteiger partial charge in [-0.1, -0.05) is 19.3 Å². The van der Waals surface area contributed by atoms with Gasteiger partial charge in [0.2, 0.25) is 0 Å². The summed E-state index contributed by atoms with van der Waals surface area (Å²) >= 11 is 0. The second kappa shape index (κ2) is 8.00. The van der Waals surface area contributed by atoms with Crippen LogP contribution in [-0.2, 0) is 16.1 Å². The number of imidazole rings is 1. The van der Waals surface area contributed by atoms with Gasteiger partial charge in [-0.3, -0.25) is 9.59 Å². The largest absolute Gasteiger partial charge is 0.469 e. The quantitative estimate of drug-likeness (QED) is 0.664. The van der Waals surface area contributed by atoms with Crippen molar-refractivity contribution in [2.45, 2.75) is 44.7 Å². The summed E-state index contributed by atoms with van der Waals surface area (Å²) in [5.74, 6) is 0.0819. The van der Waals surface area contributed by atoms with Crippen LogP contribution in [0.2, 0.25) is 0 Å². The number of hydrogen-bond acceptors (Lipinski definition) is 5. The van der Waals surface area contributed by atoms with Crippen LogP contribution < -0.4 is 5.32 Å². The first-order chi connectivity index (χ1) is 12.2. The number of carbonyl (C=O) groups excluding carboxylic acids is 2. The van der Waals surface area contributed by atoms with E-state index < -0.39 is 0 Å². The maximum Gasteiger partial charge on any atom is 0.310 e. The summed E-state index contributed by atoms with van der Waals surface area (Å²) in [6, 6.07) is 3.22. The first-order valence-corrected chi connectivity index (χ1v) is 8.60. The Balaban J connectivity index is 1.65. The molecular weight excluding hydrogens is 322 g/mol. The molecule has 134 valence electrons. The lowest BCUT2D eigenvalue weighted by molar-refractivity contribution is -0.146. The summed E-state index contributed by atoms with van der Waals surface area (Å²) in [7, 11) is 1.39. The summed E-state index contributed by atoms with van der Waals surface area (Å²) in [5.41, 5.74) is 0. The third-order valence-corrected chi connectivity index (χ3v) is 4.62. The highest BCUT2D eigenvalue weighted by Crippen LogP contribution is 2.25. The van der Waals surface area contributed by atoms with E-state index in [0.717, 1.165) is 32.1 Å². The van der Waals surface area contributed by atoms with Crippen LogP contribution in [0.1, 0.15) is 48.4 Å². The van der Waals surface area contributed by atoms with E-state index in [4.69, 9.17) is 9.15 Å². The summed E-state index contributed by atoms with van der Waals surface area (Å²) in [4.78, 5) is 28.5. The Morgan fingerprint density at radius 2 is 2.16 bits per heavy atom. The van der Waals surface area contributed by atoms with E-state index in [9.17, 15) is 9.59 Å². The zero-order chi connectivity index (χ0) is 17.6. The molecule has 7 nitrogen and oxygen atoms in total. The van der Waals surface area contributed by atoms with Gasteiger partial charge >= 0.3 is 5.97 Å². The molecule has 2 atom stereocenters. The number of nitrogens with one attached hydrogen (secondary N) is 1. The summed E-state index contributed by atoms with van der Waals surface area (Å²) in [6.07, 6.45) is 9.74. The van der Waals surface area contributed by atoms with E-state index in [-0.39, 0.29) is 29.6 Å².